The molecule has 0 saturated carbocycles. The first-order valence-electron chi connectivity index (χ1n) is 6.81. The molecule has 1 aliphatic rings. The molecule has 1 fully saturated rings. The normalized spacial score (nSPS) is 19.9. The number of carboxylic acids is 1. The van der Waals surface area contributed by atoms with Crippen LogP contribution >= 0.6 is 11.3 Å². The molecular weight excluding hydrogens is 276 g/mol. The van der Waals surface area contributed by atoms with Gasteiger partial charge in [-0.3, -0.25) is 4.79 Å². The smallest absolute Gasteiger partial charge is 0.326 e. The molecule has 5 nitrogen and oxygen atoms in total. The van der Waals surface area contributed by atoms with E-state index in [9.17, 15) is 14.7 Å². The Labute approximate surface area is 122 Å². The number of amides is 1. The van der Waals surface area contributed by atoms with Crippen LogP contribution in [-0.4, -0.2) is 39.5 Å². The molecule has 0 radical (unpaired) electrons. The van der Waals surface area contributed by atoms with Crippen LogP contribution in [-0.2, 0) is 10.2 Å². The van der Waals surface area contributed by atoms with Crippen LogP contribution in [0.5, 0.6) is 0 Å². The Morgan fingerprint density at radius 3 is 2.65 bits per heavy atom. The van der Waals surface area contributed by atoms with E-state index in [-0.39, 0.29) is 11.3 Å². The molecule has 0 aliphatic carbocycles. The maximum Gasteiger partial charge on any atom is 0.326 e. The average Bonchev–Trinajstić information content (AvgIpc) is 2.87. The molecule has 1 N–H and O–H groups in total. The Balaban J connectivity index is 2.21. The van der Waals surface area contributed by atoms with Gasteiger partial charge in [-0.15, -0.1) is 11.3 Å². The highest BCUT2D eigenvalue weighted by Gasteiger charge is 2.33. The van der Waals surface area contributed by atoms with Gasteiger partial charge in [0.15, 0.2) is 0 Å². The van der Waals surface area contributed by atoms with E-state index in [2.05, 4.69) is 4.98 Å². The van der Waals surface area contributed by atoms with Gasteiger partial charge in [-0.2, -0.15) is 0 Å². The minimum Gasteiger partial charge on any atom is -0.480 e. The maximum atomic E-state index is 12.5. The first-order valence-corrected chi connectivity index (χ1v) is 7.62. The number of carbonyl (C=O) groups is 2. The van der Waals surface area contributed by atoms with E-state index in [4.69, 9.17) is 0 Å². The van der Waals surface area contributed by atoms with Crippen molar-refractivity contribution in [1.82, 2.24) is 9.88 Å². The standard InChI is InChI=1S/C14H20N2O3S/c1-14(2,3)13-15-8-10(20-13)11(17)16-7-5-4-6-9(16)12(18)19/h8-9H,4-7H2,1-3H3,(H,18,19)/t9-/m1/s1. The number of hydrogen-bond acceptors (Lipinski definition) is 4. The molecule has 1 aliphatic heterocycles. The summed E-state index contributed by atoms with van der Waals surface area (Å²) in [5.74, 6) is -1.12. The van der Waals surface area contributed by atoms with E-state index < -0.39 is 12.0 Å². The Bertz CT molecular complexity index is 519. The van der Waals surface area contributed by atoms with Crippen LogP contribution in [0, 0.1) is 0 Å². The number of hydrogen-bond donors (Lipinski definition) is 1. The highest BCUT2D eigenvalue weighted by molar-refractivity contribution is 7.13. The van der Waals surface area contributed by atoms with Crippen LogP contribution in [0.4, 0.5) is 0 Å². The molecule has 2 heterocycles. The highest BCUT2D eigenvalue weighted by Crippen LogP contribution is 2.29. The summed E-state index contributed by atoms with van der Waals surface area (Å²) in [6.45, 7) is 6.64. The van der Waals surface area contributed by atoms with Gasteiger partial charge in [0.05, 0.1) is 11.2 Å². The summed E-state index contributed by atoms with van der Waals surface area (Å²) in [5, 5.41) is 10.1. The van der Waals surface area contributed by atoms with E-state index in [0.717, 1.165) is 17.8 Å². The van der Waals surface area contributed by atoms with Crippen molar-refractivity contribution in [3.8, 4) is 0 Å². The molecule has 1 aromatic rings. The number of carbonyl (C=O) groups excluding carboxylic acids is 1. The second-order valence-corrected chi connectivity index (χ2v) is 7.16. The molecule has 110 valence electrons. The summed E-state index contributed by atoms with van der Waals surface area (Å²) < 4.78 is 0. The fourth-order valence-corrected chi connectivity index (χ4v) is 3.22. The molecule has 0 unspecified atom stereocenters. The molecule has 20 heavy (non-hydrogen) atoms. The van der Waals surface area contributed by atoms with Crippen molar-refractivity contribution < 1.29 is 14.7 Å². The molecule has 1 saturated heterocycles. The van der Waals surface area contributed by atoms with Gasteiger partial charge >= 0.3 is 5.97 Å². The van der Waals surface area contributed by atoms with Crippen molar-refractivity contribution in [3.05, 3.63) is 16.1 Å². The predicted octanol–water partition coefficient (Wildman–Crippen LogP) is 2.52. The van der Waals surface area contributed by atoms with E-state index in [1.165, 1.54) is 16.2 Å². The van der Waals surface area contributed by atoms with Crippen molar-refractivity contribution in [2.45, 2.75) is 51.5 Å². The zero-order chi connectivity index (χ0) is 14.9. The van der Waals surface area contributed by atoms with Crippen LogP contribution in [0.3, 0.4) is 0 Å². The number of aromatic nitrogens is 1. The monoisotopic (exact) mass is 296 g/mol. The summed E-state index contributed by atoms with van der Waals surface area (Å²) in [6, 6.07) is -0.698. The van der Waals surface area contributed by atoms with Crippen molar-refractivity contribution in [1.29, 1.82) is 0 Å². The summed E-state index contributed by atoms with van der Waals surface area (Å²) >= 11 is 1.36. The number of likely N-dealkylation sites (tertiary alicyclic amines) is 1. The maximum absolute atomic E-state index is 12.5. The lowest BCUT2D eigenvalue weighted by atomic mass is 9.98. The Kier molecular flexibility index (Phi) is 4.13. The molecule has 6 heteroatoms. The molecule has 1 amide bonds. The van der Waals surface area contributed by atoms with Gasteiger partial charge in [0.25, 0.3) is 5.91 Å². The summed E-state index contributed by atoms with van der Waals surface area (Å²) in [5.41, 5.74) is -0.0999. The lowest BCUT2D eigenvalue weighted by Gasteiger charge is -2.32. The second-order valence-electron chi connectivity index (χ2n) is 6.13. The van der Waals surface area contributed by atoms with Crippen LogP contribution in [0.25, 0.3) is 0 Å². The van der Waals surface area contributed by atoms with Crippen molar-refractivity contribution >= 4 is 23.2 Å². The Morgan fingerprint density at radius 2 is 2.10 bits per heavy atom. The second kappa shape index (κ2) is 5.52. The highest BCUT2D eigenvalue weighted by atomic mass is 32.1. The number of rotatable bonds is 2. The molecule has 1 atom stereocenters. The third kappa shape index (κ3) is 3.00. The molecular formula is C14H20N2O3S. The molecule has 1 aromatic heterocycles. The first-order chi connectivity index (χ1) is 9.30. The fraction of sp³-hybridized carbons (Fsp3) is 0.643. The van der Waals surface area contributed by atoms with Gasteiger partial charge < -0.3 is 10.0 Å². The number of nitrogens with zero attached hydrogens (tertiary/aromatic N) is 2. The fourth-order valence-electron chi connectivity index (χ4n) is 2.29. The van der Waals surface area contributed by atoms with Gasteiger partial charge in [0.2, 0.25) is 0 Å². The van der Waals surface area contributed by atoms with Crippen molar-refractivity contribution in [2.24, 2.45) is 0 Å². The van der Waals surface area contributed by atoms with E-state index in [1.807, 2.05) is 20.8 Å². The number of aliphatic carboxylic acids is 1. The van der Waals surface area contributed by atoms with Crippen LogP contribution < -0.4 is 0 Å². The van der Waals surface area contributed by atoms with Gasteiger partial charge in [-0.05, 0) is 19.3 Å². The van der Waals surface area contributed by atoms with Crippen LogP contribution in [0.2, 0.25) is 0 Å². The SMILES string of the molecule is CC(C)(C)c1ncc(C(=O)N2CCCC[C@@H]2C(=O)O)s1. The zero-order valence-corrected chi connectivity index (χ0v) is 12.9. The lowest BCUT2D eigenvalue weighted by molar-refractivity contribution is -0.143. The topological polar surface area (TPSA) is 70.5 Å². The van der Waals surface area contributed by atoms with Gasteiger partial charge in [0, 0.05) is 12.0 Å². The van der Waals surface area contributed by atoms with Crippen molar-refractivity contribution in [2.75, 3.05) is 6.54 Å². The Hall–Kier alpha value is -1.43. The summed E-state index contributed by atoms with van der Waals surface area (Å²) in [6.07, 6.45) is 3.82. The summed E-state index contributed by atoms with van der Waals surface area (Å²) in [4.78, 5) is 30.1. The quantitative estimate of drug-likeness (QED) is 0.910. The third-order valence-electron chi connectivity index (χ3n) is 3.41. The van der Waals surface area contributed by atoms with Gasteiger partial charge in [-0.1, -0.05) is 20.8 Å². The Morgan fingerprint density at radius 1 is 1.40 bits per heavy atom. The predicted molar refractivity (Wildman–Crippen MR) is 77.1 cm³/mol. The molecule has 0 spiro atoms. The van der Waals surface area contributed by atoms with E-state index >= 15 is 0 Å². The van der Waals surface area contributed by atoms with E-state index in [1.54, 1.807) is 6.20 Å². The van der Waals surface area contributed by atoms with Gasteiger partial charge in [-0.25, -0.2) is 9.78 Å². The molecule has 0 aromatic carbocycles. The average molecular weight is 296 g/mol. The minimum absolute atomic E-state index is 0.0999. The third-order valence-corrected chi connectivity index (χ3v) is 4.82. The lowest BCUT2D eigenvalue weighted by Crippen LogP contribution is -2.47. The van der Waals surface area contributed by atoms with Gasteiger partial charge in [0.1, 0.15) is 10.9 Å². The molecule has 0 bridgehead atoms. The van der Waals surface area contributed by atoms with Crippen molar-refractivity contribution in [3.63, 3.8) is 0 Å². The van der Waals surface area contributed by atoms with Crippen LogP contribution in [0.1, 0.15) is 54.7 Å². The number of carboxylic acid groups (broad SMARTS) is 1. The number of piperidine rings is 1. The number of thiazole rings is 1. The summed E-state index contributed by atoms with van der Waals surface area (Å²) in [7, 11) is 0. The first kappa shape index (κ1) is 15.0. The molecule has 2 rings (SSSR count). The largest absolute Gasteiger partial charge is 0.480 e. The minimum atomic E-state index is -0.918. The van der Waals surface area contributed by atoms with Crippen LogP contribution in [0.15, 0.2) is 6.20 Å². The van der Waals surface area contributed by atoms with E-state index in [0.29, 0.717) is 17.8 Å². The zero-order valence-electron chi connectivity index (χ0n) is 12.0.